The van der Waals surface area contributed by atoms with Crippen LogP contribution in [0.5, 0.6) is 5.88 Å². The summed E-state index contributed by atoms with van der Waals surface area (Å²) in [5.74, 6) is -0.607. The molecule has 1 aliphatic heterocycles. The molecule has 1 fully saturated rings. The van der Waals surface area contributed by atoms with Gasteiger partial charge in [-0.25, -0.2) is 0 Å². The Balaban J connectivity index is 1.69. The molecule has 0 bridgehead atoms. The van der Waals surface area contributed by atoms with Crippen LogP contribution in [0.15, 0.2) is 52.7 Å². The van der Waals surface area contributed by atoms with Gasteiger partial charge in [-0.3, -0.25) is 14.3 Å². The lowest BCUT2D eigenvalue weighted by molar-refractivity contribution is 0.0995. The highest BCUT2D eigenvalue weighted by Crippen LogP contribution is 2.39. The third-order valence-corrected chi connectivity index (χ3v) is 5.41. The molecule has 28 heavy (non-hydrogen) atoms. The number of carbonyl (C=O) groups excluding carboxylic acids is 1. The second-order valence-electron chi connectivity index (χ2n) is 6.71. The highest BCUT2D eigenvalue weighted by molar-refractivity contribution is 6.36. The van der Waals surface area contributed by atoms with E-state index in [1.165, 1.54) is 12.1 Å². The van der Waals surface area contributed by atoms with Gasteiger partial charge < -0.3 is 5.11 Å². The number of para-hydroxylation sites is 1. The van der Waals surface area contributed by atoms with Crippen LogP contribution in [-0.2, 0) is 6.67 Å². The number of likely N-dealkylation sites (tertiary alicyclic amines) is 1. The molecule has 0 atom stereocenters. The van der Waals surface area contributed by atoms with Gasteiger partial charge in [0.15, 0.2) is 5.69 Å². The number of aromatic hydroxyl groups is 1. The van der Waals surface area contributed by atoms with Crippen LogP contribution < -0.4 is 0 Å². The quantitative estimate of drug-likeness (QED) is 0.560. The SMILES string of the molecule is O=C(N=Nc1c(O)n(CN2CCCC2)c2ccccc12)c1ccc(Cl)cc1Cl. The summed E-state index contributed by atoms with van der Waals surface area (Å²) in [6, 6.07) is 12.1. The van der Waals surface area contributed by atoms with Crippen molar-refractivity contribution >= 4 is 45.7 Å². The van der Waals surface area contributed by atoms with Crippen molar-refractivity contribution in [3.05, 3.63) is 58.1 Å². The van der Waals surface area contributed by atoms with Gasteiger partial charge in [-0.05, 0) is 50.2 Å². The standard InChI is InChI=1S/C20H18Cl2N4O2/c21-13-7-8-14(16(22)11-13)19(27)24-23-18-15-5-1-2-6-17(15)26(20(18)28)12-25-9-3-4-10-25/h1-2,5-8,11,28H,3-4,9-10,12H2. The molecule has 1 saturated heterocycles. The maximum absolute atomic E-state index is 12.4. The average molecular weight is 417 g/mol. The van der Waals surface area contributed by atoms with Crippen molar-refractivity contribution in [3.8, 4) is 5.88 Å². The number of amides is 1. The second-order valence-corrected chi connectivity index (χ2v) is 7.56. The van der Waals surface area contributed by atoms with Crippen LogP contribution in [0.25, 0.3) is 10.9 Å². The zero-order chi connectivity index (χ0) is 19.7. The number of hydrogen-bond donors (Lipinski definition) is 1. The Kier molecular flexibility index (Phi) is 5.35. The molecular formula is C20H18Cl2N4O2. The first kappa shape index (κ1) is 18.9. The molecule has 1 N–H and O–H groups in total. The molecule has 0 spiro atoms. The van der Waals surface area contributed by atoms with Gasteiger partial charge >= 0.3 is 0 Å². The smallest absolute Gasteiger partial charge is 0.296 e. The summed E-state index contributed by atoms with van der Waals surface area (Å²) in [5, 5.41) is 20.0. The number of nitrogens with zero attached hydrogens (tertiary/aromatic N) is 4. The predicted molar refractivity (Wildman–Crippen MR) is 110 cm³/mol. The van der Waals surface area contributed by atoms with E-state index in [9.17, 15) is 9.90 Å². The van der Waals surface area contributed by atoms with E-state index >= 15 is 0 Å². The first-order valence-corrected chi connectivity index (χ1v) is 9.74. The second kappa shape index (κ2) is 7.91. The van der Waals surface area contributed by atoms with Crippen LogP contribution in [0.1, 0.15) is 23.2 Å². The van der Waals surface area contributed by atoms with E-state index in [1.807, 2.05) is 24.3 Å². The van der Waals surface area contributed by atoms with Gasteiger partial charge in [0.05, 0.1) is 22.8 Å². The summed E-state index contributed by atoms with van der Waals surface area (Å²) in [7, 11) is 0. The molecule has 0 saturated carbocycles. The van der Waals surface area contributed by atoms with Gasteiger partial charge in [0.1, 0.15) is 0 Å². The lowest BCUT2D eigenvalue weighted by Gasteiger charge is -2.17. The summed E-state index contributed by atoms with van der Waals surface area (Å²) in [4.78, 5) is 14.7. The third-order valence-electron chi connectivity index (χ3n) is 4.86. The van der Waals surface area contributed by atoms with E-state index in [2.05, 4.69) is 15.1 Å². The molecule has 3 aromatic rings. The van der Waals surface area contributed by atoms with Crippen molar-refractivity contribution < 1.29 is 9.90 Å². The monoisotopic (exact) mass is 416 g/mol. The molecule has 2 aromatic carbocycles. The number of carbonyl (C=O) groups is 1. The summed E-state index contributed by atoms with van der Waals surface area (Å²) in [5.41, 5.74) is 1.32. The van der Waals surface area contributed by atoms with Crippen LogP contribution in [0.3, 0.4) is 0 Å². The lowest BCUT2D eigenvalue weighted by atomic mass is 10.2. The fourth-order valence-corrected chi connectivity index (χ4v) is 3.94. The Morgan fingerprint density at radius 2 is 1.86 bits per heavy atom. The number of hydrogen-bond acceptors (Lipinski definition) is 4. The summed E-state index contributed by atoms with van der Waals surface area (Å²) >= 11 is 11.9. The van der Waals surface area contributed by atoms with Crippen LogP contribution in [-0.4, -0.2) is 33.6 Å². The summed E-state index contributed by atoms with van der Waals surface area (Å²) in [6.45, 7) is 2.56. The van der Waals surface area contributed by atoms with E-state index < -0.39 is 5.91 Å². The van der Waals surface area contributed by atoms with E-state index in [4.69, 9.17) is 23.2 Å². The number of aromatic nitrogens is 1. The van der Waals surface area contributed by atoms with E-state index in [-0.39, 0.29) is 22.2 Å². The van der Waals surface area contributed by atoms with Crippen molar-refractivity contribution in [2.24, 2.45) is 10.2 Å². The molecule has 144 valence electrons. The minimum atomic E-state index is -0.600. The minimum absolute atomic E-state index is 0.00754. The molecule has 0 aliphatic carbocycles. The van der Waals surface area contributed by atoms with E-state index in [0.29, 0.717) is 11.7 Å². The molecular weight excluding hydrogens is 399 g/mol. The molecule has 0 unspecified atom stereocenters. The lowest BCUT2D eigenvalue weighted by Crippen LogP contribution is -2.22. The fourth-order valence-electron chi connectivity index (χ4n) is 3.45. The van der Waals surface area contributed by atoms with Crippen molar-refractivity contribution in [1.29, 1.82) is 0 Å². The van der Waals surface area contributed by atoms with Crippen LogP contribution >= 0.6 is 23.2 Å². The maximum Gasteiger partial charge on any atom is 0.296 e. The van der Waals surface area contributed by atoms with Gasteiger partial charge in [-0.2, -0.15) is 0 Å². The number of fused-ring (bicyclic) bond motifs is 1. The fraction of sp³-hybridized carbons (Fsp3) is 0.250. The average Bonchev–Trinajstić information content (AvgIpc) is 3.28. The normalized spacial score (nSPS) is 15.1. The van der Waals surface area contributed by atoms with Crippen molar-refractivity contribution in [2.45, 2.75) is 19.5 Å². The molecule has 0 radical (unpaired) electrons. The zero-order valence-electron chi connectivity index (χ0n) is 15.0. The van der Waals surface area contributed by atoms with Gasteiger partial charge in [0.2, 0.25) is 5.88 Å². The van der Waals surface area contributed by atoms with Gasteiger partial charge in [0, 0.05) is 10.4 Å². The van der Waals surface area contributed by atoms with Crippen LogP contribution in [0.2, 0.25) is 10.0 Å². The number of benzene rings is 2. The maximum atomic E-state index is 12.4. The van der Waals surface area contributed by atoms with Crippen LogP contribution in [0.4, 0.5) is 5.69 Å². The molecule has 1 amide bonds. The first-order chi connectivity index (χ1) is 13.5. The van der Waals surface area contributed by atoms with Crippen molar-refractivity contribution in [2.75, 3.05) is 13.1 Å². The third kappa shape index (κ3) is 3.63. The molecule has 6 nitrogen and oxygen atoms in total. The van der Waals surface area contributed by atoms with Crippen molar-refractivity contribution in [1.82, 2.24) is 9.47 Å². The molecule has 2 heterocycles. The molecule has 8 heteroatoms. The number of halogens is 2. The van der Waals surface area contributed by atoms with Crippen LogP contribution in [0, 0.1) is 0 Å². The van der Waals surface area contributed by atoms with Gasteiger partial charge in [0.25, 0.3) is 5.91 Å². The van der Waals surface area contributed by atoms with Gasteiger partial charge in [-0.15, -0.1) is 10.2 Å². The Bertz CT molecular complexity index is 1070. The van der Waals surface area contributed by atoms with E-state index in [0.717, 1.165) is 36.8 Å². The topological polar surface area (TPSA) is 70.2 Å². The molecule has 1 aromatic heterocycles. The Morgan fingerprint density at radius 1 is 1.11 bits per heavy atom. The molecule has 1 aliphatic rings. The summed E-state index contributed by atoms with van der Waals surface area (Å²) in [6.07, 6.45) is 2.31. The highest BCUT2D eigenvalue weighted by atomic mass is 35.5. The van der Waals surface area contributed by atoms with Gasteiger partial charge in [-0.1, -0.05) is 41.4 Å². The number of rotatable bonds is 4. The minimum Gasteiger partial charge on any atom is -0.493 e. The first-order valence-electron chi connectivity index (χ1n) is 8.98. The summed E-state index contributed by atoms with van der Waals surface area (Å²) < 4.78 is 1.80. The zero-order valence-corrected chi connectivity index (χ0v) is 16.5. The Labute approximate surface area is 172 Å². The number of azo groups is 1. The highest BCUT2D eigenvalue weighted by Gasteiger charge is 2.20. The Morgan fingerprint density at radius 3 is 2.61 bits per heavy atom. The Hall–Kier alpha value is -2.41. The largest absolute Gasteiger partial charge is 0.493 e. The van der Waals surface area contributed by atoms with Crippen molar-refractivity contribution in [3.63, 3.8) is 0 Å². The predicted octanol–water partition coefficient (Wildman–Crippen LogP) is 5.63. The van der Waals surface area contributed by atoms with E-state index in [1.54, 1.807) is 10.6 Å². The molecule has 4 rings (SSSR count).